The van der Waals surface area contributed by atoms with Crippen LogP contribution in [0, 0.1) is 17.2 Å². The zero-order valence-electron chi connectivity index (χ0n) is 13.4. The van der Waals surface area contributed by atoms with Crippen molar-refractivity contribution in [2.75, 3.05) is 39.3 Å². The van der Waals surface area contributed by atoms with Crippen LogP contribution in [0.15, 0.2) is 0 Å². The van der Waals surface area contributed by atoms with E-state index in [1.807, 2.05) is 0 Å². The van der Waals surface area contributed by atoms with Crippen LogP contribution in [0.1, 0.15) is 26.7 Å². The number of piperazine rings is 1. The second-order valence-electron chi connectivity index (χ2n) is 6.25. The van der Waals surface area contributed by atoms with Gasteiger partial charge in [0.15, 0.2) is 6.54 Å². The third-order valence-corrected chi connectivity index (χ3v) is 4.43. The molecule has 2 fully saturated rings. The molecule has 0 aromatic rings. The summed E-state index contributed by atoms with van der Waals surface area (Å²) in [4.78, 5) is 26.6. The van der Waals surface area contributed by atoms with E-state index in [-0.39, 0.29) is 17.9 Å². The topological polar surface area (TPSA) is 86.9 Å². The lowest BCUT2D eigenvalue weighted by molar-refractivity contribution is -0.896. The van der Waals surface area contributed by atoms with Gasteiger partial charge in [0.2, 0.25) is 0 Å². The molecule has 0 aromatic heterocycles. The van der Waals surface area contributed by atoms with Crippen molar-refractivity contribution in [1.82, 2.24) is 10.2 Å². The number of hydrogen-bond donors (Lipinski definition) is 2. The van der Waals surface area contributed by atoms with Gasteiger partial charge >= 0.3 is 6.09 Å². The molecular weight excluding hydrogens is 284 g/mol. The molecule has 2 rings (SSSR count). The molecule has 0 radical (unpaired) electrons. The molecule has 0 spiro atoms. The summed E-state index contributed by atoms with van der Waals surface area (Å²) in [6, 6.07) is 2.23. The Balaban J connectivity index is 1.75. The van der Waals surface area contributed by atoms with E-state index in [0.717, 1.165) is 30.8 Å². The molecule has 1 saturated heterocycles. The third-order valence-electron chi connectivity index (χ3n) is 4.43. The summed E-state index contributed by atoms with van der Waals surface area (Å²) in [7, 11) is 0. The smallest absolute Gasteiger partial charge is 0.410 e. The normalized spacial score (nSPS) is 21.6. The minimum atomic E-state index is -0.733. The summed E-state index contributed by atoms with van der Waals surface area (Å²) in [6.07, 6.45) is 1.74. The average Bonchev–Trinajstić information content (AvgIpc) is 3.33. The molecule has 2 amide bonds. The van der Waals surface area contributed by atoms with Crippen molar-refractivity contribution in [2.24, 2.45) is 5.92 Å². The van der Waals surface area contributed by atoms with Gasteiger partial charge in [-0.05, 0) is 32.6 Å². The Morgan fingerprint density at radius 2 is 2.05 bits per heavy atom. The van der Waals surface area contributed by atoms with Crippen LogP contribution in [0.3, 0.4) is 0 Å². The van der Waals surface area contributed by atoms with Gasteiger partial charge in [-0.1, -0.05) is 0 Å². The first-order chi connectivity index (χ1) is 10.5. The van der Waals surface area contributed by atoms with Crippen molar-refractivity contribution in [1.29, 1.82) is 5.26 Å². The Morgan fingerprint density at radius 1 is 1.41 bits per heavy atom. The number of nitrogens with zero attached hydrogens (tertiary/aromatic N) is 2. The van der Waals surface area contributed by atoms with E-state index in [2.05, 4.69) is 11.4 Å². The van der Waals surface area contributed by atoms with Gasteiger partial charge in [0.05, 0.1) is 38.9 Å². The van der Waals surface area contributed by atoms with Gasteiger partial charge in [0.25, 0.3) is 5.91 Å². The minimum absolute atomic E-state index is 0.0875. The van der Waals surface area contributed by atoms with Crippen LogP contribution in [-0.4, -0.2) is 61.8 Å². The van der Waals surface area contributed by atoms with Crippen LogP contribution in [-0.2, 0) is 9.53 Å². The van der Waals surface area contributed by atoms with Gasteiger partial charge in [-0.3, -0.25) is 9.69 Å². The monoisotopic (exact) mass is 309 g/mol. The van der Waals surface area contributed by atoms with Crippen molar-refractivity contribution in [3.63, 3.8) is 0 Å². The minimum Gasteiger partial charge on any atom is -0.450 e. The lowest BCUT2D eigenvalue weighted by atomic mass is 9.98. The lowest BCUT2D eigenvalue weighted by Crippen LogP contribution is -3.16. The fourth-order valence-corrected chi connectivity index (χ4v) is 2.84. The molecule has 0 unspecified atom stereocenters. The summed E-state index contributed by atoms with van der Waals surface area (Å²) in [5.74, 6) is 0.202. The van der Waals surface area contributed by atoms with Gasteiger partial charge in [-0.15, -0.1) is 0 Å². The van der Waals surface area contributed by atoms with Crippen molar-refractivity contribution in [2.45, 2.75) is 32.2 Å². The SMILES string of the molecule is CCOC(=O)N1CC[NH+](CC(=O)N[C@](C)(C#N)C2CC2)CC1. The molecule has 7 heteroatoms. The van der Waals surface area contributed by atoms with E-state index in [9.17, 15) is 14.9 Å². The standard InChI is InChI=1S/C15H24N4O3/c1-3-22-14(21)19-8-6-18(7-9-19)10-13(20)17-15(2,11-16)12-4-5-12/h12H,3-10H2,1-2H3,(H,17,20)/p+1/t15-/m1/s1. The molecule has 0 bridgehead atoms. The third kappa shape index (κ3) is 4.10. The number of quaternary nitrogens is 1. The number of amides is 2. The van der Waals surface area contributed by atoms with Crippen molar-refractivity contribution in [3.05, 3.63) is 0 Å². The number of carbonyl (C=O) groups is 2. The number of carbonyl (C=O) groups excluding carboxylic acids is 2. The number of nitriles is 1. The molecule has 0 aromatic carbocycles. The molecule has 7 nitrogen and oxygen atoms in total. The fourth-order valence-electron chi connectivity index (χ4n) is 2.84. The first kappa shape index (κ1) is 16.6. The Labute approximate surface area is 131 Å². The maximum atomic E-state index is 12.1. The fraction of sp³-hybridized carbons (Fsp3) is 0.800. The lowest BCUT2D eigenvalue weighted by Gasteiger charge is -2.32. The molecule has 22 heavy (non-hydrogen) atoms. The van der Waals surface area contributed by atoms with Crippen LogP contribution >= 0.6 is 0 Å². The van der Waals surface area contributed by atoms with Crippen LogP contribution in [0.5, 0.6) is 0 Å². The van der Waals surface area contributed by atoms with Gasteiger partial charge in [-0.25, -0.2) is 4.79 Å². The zero-order valence-corrected chi connectivity index (χ0v) is 13.4. The van der Waals surface area contributed by atoms with E-state index >= 15 is 0 Å². The molecule has 2 aliphatic rings. The second-order valence-corrected chi connectivity index (χ2v) is 6.25. The second kappa shape index (κ2) is 6.97. The molecular formula is C15H25N4O3+. The maximum Gasteiger partial charge on any atom is 0.410 e. The summed E-state index contributed by atoms with van der Waals surface area (Å²) in [5.41, 5.74) is -0.733. The highest BCUT2D eigenvalue weighted by molar-refractivity contribution is 5.78. The van der Waals surface area contributed by atoms with Crippen molar-refractivity contribution < 1.29 is 19.2 Å². The van der Waals surface area contributed by atoms with Gasteiger partial charge in [-0.2, -0.15) is 5.26 Å². The van der Waals surface area contributed by atoms with Gasteiger partial charge < -0.3 is 15.0 Å². The average molecular weight is 309 g/mol. The molecule has 2 N–H and O–H groups in total. The van der Waals surface area contributed by atoms with E-state index in [4.69, 9.17) is 4.74 Å². The Hall–Kier alpha value is -1.81. The van der Waals surface area contributed by atoms with Crippen molar-refractivity contribution in [3.8, 4) is 6.07 Å². The largest absolute Gasteiger partial charge is 0.450 e. The van der Waals surface area contributed by atoms with Crippen molar-refractivity contribution >= 4 is 12.0 Å². The van der Waals surface area contributed by atoms with Crippen LogP contribution in [0.4, 0.5) is 4.79 Å². The molecule has 1 saturated carbocycles. The number of ether oxygens (including phenoxy) is 1. The van der Waals surface area contributed by atoms with E-state index in [0.29, 0.717) is 26.2 Å². The molecule has 1 atom stereocenters. The van der Waals surface area contributed by atoms with E-state index < -0.39 is 5.54 Å². The van der Waals surface area contributed by atoms with Crippen LogP contribution in [0.2, 0.25) is 0 Å². The highest BCUT2D eigenvalue weighted by Gasteiger charge is 2.43. The highest BCUT2D eigenvalue weighted by Crippen LogP contribution is 2.39. The molecule has 1 heterocycles. The predicted molar refractivity (Wildman–Crippen MR) is 79.0 cm³/mol. The number of nitrogens with one attached hydrogen (secondary N) is 2. The number of rotatable bonds is 5. The van der Waals surface area contributed by atoms with E-state index in [1.165, 1.54) is 0 Å². The van der Waals surface area contributed by atoms with Gasteiger partial charge in [0, 0.05) is 0 Å². The molecule has 1 aliphatic heterocycles. The Kier molecular flexibility index (Phi) is 5.24. The predicted octanol–water partition coefficient (Wildman–Crippen LogP) is -0.848. The first-order valence-corrected chi connectivity index (χ1v) is 7.96. The molecule has 122 valence electrons. The summed E-state index contributed by atoms with van der Waals surface area (Å²) < 4.78 is 4.97. The Bertz CT molecular complexity index is 464. The quantitative estimate of drug-likeness (QED) is 0.693. The Morgan fingerprint density at radius 3 is 2.55 bits per heavy atom. The summed E-state index contributed by atoms with van der Waals surface area (Å²) in [5, 5.41) is 12.1. The van der Waals surface area contributed by atoms with E-state index in [1.54, 1.807) is 18.7 Å². The van der Waals surface area contributed by atoms with Gasteiger partial charge in [0.1, 0.15) is 5.54 Å². The summed E-state index contributed by atoms with van der Waals surface area (Å²) in [6.45, 7) is 6.95. The van der Waals surface area contributed by atoms with Crippen LogP contribution in [0.25, 0.3) is 0 Å². The zero-order chi connectivity index (χ0) is 16.2. The number of hydrogen-bond acceptors (Lipinski definition) is 4. The summed E-state index contributed by atoms with van der Waals surface area (Å²) >= 11 is 0. The molecule has 1 aliphatic carbocycles. The highest BCUT2D eigenvalue weighted by atomic mass is 16.6. The first-order valence-electron chi connectivity index (χ1n) is 7.96. The maximum absolute atomic E-state index is 12.1. The van der Waals surface area contributed by atoms with Crippen LogP contribution < -0.4 is 10.2 Å².